The van der Waals surface area contributed by atoms with Crippen LogP contribution >= 0.6 is 0 Å². The third-order valence-electron chi connectivity index (χ3n) is 6.04. The minimum atomic E-state index is -0.388. The lowest BCUT2D eigenvalue weighted by Crippen LogP contribution is -2.35. The fraction of sp³-hybridized carbons (Fsp3) is 0.440. The molecule has 0 radical (unpaired) electrons. The summed E-state index contributed by atoms with van der Waals surface area (Å²) < 4.78 is 5.46. The number of nitrogens with one attached hydrogen (secondary N) is 1. The van der Waals surface area contributed by atoms with E-state index in [1.807, 2.05) is 23.1 Å². The normalized spacial score (nSPS) is 21.8. The smallest absolute Gasteiger partial charge is 0.254 e. The number of carbonyl (C=O) groups excluding carboxylic acids is 2. The number of aryl methyl sites for hydroxylation is 1. The molecule has 0 bridgehead atoms. The Kier molecular flexibility index (Phi) is 6.48. The van der Waals surface area contributed by atoms with Gasteiger partial charge in [-0.15, -0.1) is 0 Å². The van der Waals surface area contributed by atoms with Crippen LogP contribution in [0, 0.1) is 6.92 Å². The van der Waals surface area contributed by atoms with Gasteiger partial charge in [-0.3, -0.25) is 9.59 Å². The topological polar surface area (TPSA) is 58.6 Å². The van der Waals surface area contributed by atoms with Gasteiger partial charge in [-0.25, -0.2) is 0 Å². The largest absolute Gasteiger partial charge is 0.368 e. The number of rotatable bonds is 4. The minimum Gasteiger partial charge on any atom is -0.368 e. The number of nitrogens with zero attached hydrogens (tertiary/aromatic N) is 1. The van der Waals surface area contributed by atoms with Gasteiger partial charge in [0.1, 0.15) is 6.10 Å². The maximum Gasteiger partial charge on any atom is 0.254 e. The molecule has 0 saturated carbocycles. The van der Waals surface area contributed by atoms with Gasteiger partial charge in [-0.05, 0) is 56.4 Å². The van der Waals surface area contributed by atoms with Crippen molar-refractivity contribution >= 4 is 17.5 Å². The van der Waals surface area contributed by atoms with Gasteiger partial charge in [0.05, 0.1) is 6.04 Å². The van der Waals surface area contributed by atoms with Crippen LogP contribution in [0.1, 0.15) is 66.1 Å². The lowest BCUT2D eigenvalue weighted by Gasteiger charge is -2.31. The molecule has 158 valence electrons. The van der Waals surface area contributed by atoms with Gasteiger partial charge in [0.25, 0.3) is 11.8 Å². The molecule has 0 spiro atoms. The van der Waals surface area contributed by atoms with Crippen LogP contribution < -0.4 is 5.32 Å². The molecule has 1 N–H and O–H groups in total. The summed E-state index contributed by atoms with van der Waals surface area (Å²) >= 11 is 0. The molecule has 0 aliphatic carbocycles. The van der Waals surface area contributed by atoms with Crippen LogP contribution in [0.3, 0.4) is 0 Å². The van der Waals surface area contributed by atoms with Gasteiger partial charge in [-0.2, -0.15) is 0 Å². The summed E-state index contributed by atoms with van der Waals surface area (Å²) in [4.78, 5) is 27.9. The Balaban J connectivity index is 1.54. The highest BCUT2D eigenvalue weighted by Crippen LogP contribution is 2.32. The van der Waals surface area contributed by atoms with E-state index >= 15 is 0 Å². The SMILES string of the molecule is Cc1cccc([C@@H]2CCCCCN2C(=O)c2cccc(NC(=O)[C@H]3CCCO3)c2)c1. The molecule has 5 nitrogen and oxygen atoms in total. The van der Waals surface area contributed by atoms with Crippen LogP contribution in [0.25, 0.3) is 0 Å². The Bertz CT molecular complexity index is 905. The molecular weight excluding hydrogens is 376 g/mol. The summed E-state index contributed by atoms with van der Waals surface area (Å²) in [5.41, 5.74) is 3.67. The Hall–Kier alpha value is -2.66. The highest BCUT2D eigenvalue weighted by Gasteiger charge is 2.28. The number of hydrogen-bond acceptors (Lipinski definition) is 3. The molecule has 0 aromatic heterocycles. The monoisotopic (exact) mass is 406 g/mol. The Morgan fingerprint density at radius 1 is 1.00 bits per heavy atom. The second kappa shape index (κ2) is 9.43. The minimum absolute atomic E-state index is 0.0246. The van der Waals surface area contributed by atoms with E-state index in [0.717, 1.165) is 45.1 Å². The number of benzene rings is 2. The predicted octanol–water partition coefficient (Wildman–Crippen LogP) is 4.87. The lowest BCUT2D eigenvalue weighted by atomic mass is 9.98. The van der Waals surface area contributed by atoms with Gasteiger partial charge in [0.15, 0.2) is 0 Å². The maximum atomic E-state index is 13.5. The zero-order valence-electron chi connectivity index (χ0n) is 17.6. The Morgan fingerprint density at radius 2 is 1.87 bits per heavy atom. The molecule has 2 fully saturated rings. The van der Waals surface area contributed by atoms with Gasteiger partial charge in [0.2, 0.25) is 0 Å². The summed E-state index contributed by atoms with van der Waals surface area (Å²) in [5.74, 6) is -0.110. The van der Waals surface area contributed by atoms with Crippen LogP contribution in [0.4, 0.5) is 5.69 Å². The van der Waals surface area contributed by atoms with Crippen LogP contribution in [0.15, 0.2) is 48.5 Å². The average molecular weight is 407 g/mol. The van der Waals surface area contributed by atoms with Gasteiger partial charge < -0.3 is 15.0 Å². The van der Waals surface area contributed by atoms with Crippen LogP contribution in [-0.4, -0.2) is 36.0 Å². The first kappa shape index (κ1) is 20.6. The highest BCUT2D eigenvalue weighted by molar-refractivity contribution is 5.98. The first-order chi connectivity index (χ1) is 14.6. The third kappa shape index (κ3) is 4.73. The molecule has 2 aliphatic rings. The number of ether oxygens (including phenoxy) is 1. The molecule has 2 saturated heterocycles. The van der Waals surface area contributed by atoms with Crippen molar-refractivity contribution in [3.8, 4) is 0 Å². The van der Waals surface area contributed by atoms with E-state index in [1.165, 1.54) is 11.1 Å². The van der Waals surface area contributed by atoms with E-state index in [0.29, 0.717) is 17.9 Å². The molecule has 2 heterocycles. The fourth-order valence-corrected chi connectivity index (χ4v) is 4.48. The van der Waals surface area contributed by atoms with E-state index in [2.05, 4.69) is 36.5 Å². The quantitative estimate of drug-likeness (QED) is 0.788. The number of carbonyl (C=O) groups is 2. The zero-order valence-corrected chi connectivity index (χ0v) is 17.6. The summed E-state index contributed by atoms with van der Waals surface area (Å²) in [6, 6.07) is 15.8. The molecule has 0 unspecified atom stereocenters. The Morgan fingerprint density at radius 3 is 2.67 bits per heavy atom. The first-order valence-electron chi connectivity index (χ1n) is 11.0. The molecule has 30 heavy (non-hydrogen) atoms. The van der Waals surface area contributed by atoms with E-state index in [9.17, 15) is 9.59 Å². The second-order valence-electron chi connectivity index (χ2n) is 8.35. The molecule has 2 atom stereocenters. The molecule has 2 aromatic rings. The van der Waals surface area contributed by atoms with E-state index in [-0.39, 0.29) is 24.0 Å². The Labute approximate surface area is 178 Å². The summed E-state index contributed by atoms with van der Waals surface area (Å²) in [6.45, 7) is 3.47. The van der Waals surface area contributed by atoms with Gasteiger partial charge >= 0.3 is 0 Å². The van der Waals surface area contributed by atoms with E-state index < -0.39 is 0 Å². The van der Waals surface area contributed by atoms with Crippen LogP contribution in [0.2, 0.25) is 0 Å². The zero-order chi connectivity index (χ0) is 20.9. The number of likely N-dealkylation sites (tertiary alicyclic amines) is 1. The molecule has 4 rings (SSSR count). The number of anilines is 1. The van der Waals surface area contributed by atoms with Crippen molar-refractivity contribution in [1.29, 1.82) is 0 Å². The van der Waals surface area contributed by atoms with Crippen molar-refractivity contribution < 1.29 is 14.3 Å². The van der Waals surface area contributed by atoms with E-state index in [4.69, 9.17) is 4.74 Å². The van der Waals surface area contributed by atoms with Crippen LogP contribution in [0.5, 0.6) is 0 Å². The second-order valence-corrected chi connectivity index (χ2v) is 8.35. The summed E-state index contributed by atoms with van der Waals surface area (Å²) in [6.07, 6.45) is 5.53. The summed E-state index contributed by atoms with van der Waals surface area (Å²) in [5, 5.41) is 2.91. The van der Waals surface area contributed by atoms with Crippen molar-refractivity contribution in [2.45, 2.75) is 57.6 Å². The average Bonchev–Trinajstić information content (AvgIpc) is 3.18. The first-order valence-corrected chi connectivity index (χ1v) is 11.0. The lowest BCUT2D eigenvalue weighted by molar-refractivity contribution is -0.124. The third-order valence-corrected chi connectivity index (χ3v) is 6.04. The molecule has 5 heteroatoms. The molecule has 2 aromatic carbocycles. The van der Waals surface area contributed by atoms with E-state index in [1.54, 1.807) is 6.07 Å². The molecule has 2 aliphatic heterocycles. The van der Waals surface area contributed by atoms with Gasteiger partial charge in [-0.1, -0.05) is 48.7 Å². The molecular formula is C25H30N2O3. The predicted molar refractivity (Wildman–Crippen MR) is 117 cm³/mol. The maximum absolute atomic E-state index is 13.5. The van der Waals surface area contributed by atoms with Crippen molar-refractivity contribution in [1.82, 2.24) is 4.90 Å². The standard InChI is InChI=1S/C25H30N2O3/c1-18-8-5-9-19(16-18)22-12-3-2-4-14-27(22)25(29)20-10-6-11-21(17-20)26-24(28)23-13-7-15-30-23/h5-6,8-11,16-17,22-23H,2-4,7,12-15H2,1H3,(H,26,28)/t22-,23+/m0/s1. The number of hydrogen-bond donors (Lipinski definition) is 1. The van der Waals surface area contributed by atoms with Crippen molar-refractivity contribution in [2.24, 2.45) is 0 Å². The highest BCUT2D eigenvalue weighted by atomic mass is 16.5. The van der Waals surface area contributed by atoms with Crippen LogP contribution in [-0.2, 0) is 9.53 Å². The van der Waals surface area contributed by atoms with Crippen molar-refractivity contribution in [2.75, 3.05) is 18.5 Å². The summed E-state index contributed by atoms with van der Waals surface area (Å²) in [7, 11) is 0. The number of amides is 2. The van der Waals surface area contributed by atoms with Crippen molar-refractivity contribution in [3.63, 3.8) is 0 Å². The fourth-order valence-electron chi connectivity index (χ4n) is 4.48. The molecule has 2 amide bonds. The van der Waals surface area contributed by atoms with Crippen molar-refractivity contribution in [3.05, 3.63) is 65.2 Å². The van der Waals surface area contributed by atoms with Gasteiger partial charge in [0, 0.05) is 24.4 Å².